The number of imidazole rings is 1. The second-order valence-corrected chi connectivity index (χ2v) is 4.73. The van der Waals surface area contributed by atoms with Gasteiger partial charge in [-0.15, -0.1) is 0 Å². The van der Waals surface area contributed by atoms with E-state index in [2.05, 4.69) is 34.5 Å². The van der Waals surface area contributed by atoms with E-state index in [0.717, 1.165) is 18.2 Å². The highest BCUT2D eigenvalue weighted by atomic mass is 15.3. The van der Waals surface area contributed by atoms with Crippen molar-refractivity contribution in [3.63, 3.8) is 0 Å². The summed E-state index contributed by atoms with van der Waals surface area (Å²) in [6, 6.07) is 12.3. The fourth-order valence-corrected chi connectivity index (χ4v) is 2.16. The second-order valence-electron chi connectivity index (χ2n) is 4.73. The van der Waals surface area contributed by atoms with Gasteiger partial charge < -0.3 is 5.32 Å². The first-order valence-corrected chi connectivity index (χ1v) is 6.65. The molecule has 0 fully saturated rings. The molecule has 3 rings (SSSR count). The normalized spacial score (nSPS) is 12.2. The number of hydrogen-bond donors (Lipinski definition) is 1. The van der Waals surface area contributed by atoms with Gasteiger partial charge in [0.1, 0.15) is 0 Å². The fraction of sp³-hybridized carbons (Fsp3) is 0.200. The van der Waals surface area contributed by atoms with Gasteiger partial charge in [0.25, 0.3) is 0 Å². The highest BCUT2D eigenvalue weighted by molar-refractivity contribution is 5.41. The maximum atomic E-state index is 4.38. The number of rotatable bonds is 5. The summed E-state index contributed by atoms with van der Waals surface area (Å²) in [5, 5.41) is 7.63. The minimum atomic E-state index is 0.236. The van der Waals surface area contributed by atoms with Gasteiger partial charge >= 0.3 is 0 Å². The minimum absolute atomic E-state index is 0.236. The molecule has 0 aliphatic heterocycles. The molecule has 1 atom stereocenters. The molecule has 0 amide bonds. The Labute approximate surface area is 117 Å². The summed E-state index contributed by atoms with van der Waals surface area (Å²) in [5.41, 5.74) is 1.10. The van der Waals surface area contributed by atoms with Crippen molar-refractivity contribution in [3.8, 4) is 5.69 Å². The molecule has 0 bridgehead atoms. The van der Waals surface area contributed by atoms with Crippen LogP contribution < -0.4 is 5.32 Å². The lowest BCUT2D eigenvalue weighted by molar-refractivity contribution is 0.557. The van der Waals surface area contributed by atoms with Gasteiger partial charge in [-0.1, -0.05) is 18.2 Å². The van der Waals surface area contributed by atoms with Crippen molar-refractivity contribution in [1.29, 1.82) is 0 Å². The molecule has 102 valence electrons. The third-order valence-electron chi connectivity index (χ3n) is 3.07. The van der Waals surface area contributed by atoms with Gasteiger partial charge in [0.05, 0.1) is 6.54 Å². The van der Waals surface area contributed by atoms with Crippen molar-refractivity contribution in [2.75, 3.05) is 5.32 Å². The van der Waals surface area contributed by atoms with Crippen LogP contribution in [0.4, 0.5) is 5.95 Å². The predicted molar refractivity (Wildman–Crippen MR) is 78.9 cm³/mol. The molecule has 1 aromatic carbocycles. The topological polar surface area (TPSA) is 47.7 Å². The molecule has 5 nitrogen and oxygen atoms in total. The number of anilines is 1. The number of hydrogen-bond acceptors (Lipinski definition) is 3. The number of para-hydroxylation sites is 1. The monoisotopic (exact) mass is 267 g/mol. The third kappa shape index (κ3) is 2.71. The van der Waals surface area contributed by atoms with Crippen molar-refractivity contribution >= 4 is 5.95 Å². The maximum Gasteiger partial charge on any atom is 0.207 e. The van der Waals surface area contributed by atoms with E-state index in [0.29, 0.717) is 0 Å². The Kier molecular flexibility index (Phi) is 3.50. The lowest BCUT2D eigenvalue weighted by Gasteiger charge is -2.16. The third-order valence-corrected chi connectivity index (χ3v) is 3.07. The number of aromatic nitrogens is 4. The Morgan fingerprint density at radius 3 is 2.70 bits per heavy atom. The molecule has 0 aliphatic rings. The van der Waals surface area contributed by atoms with E-state index >= 15 is 0 Å². The largest absolute Gasteiger partial charge is 0.351 e. The van der Waals surface area contributed by atoms with Gasteiger partial charge in [-0.2, -0.15) is 5.10 Å². The quantitative estimate of drug-likeness (QED) is 0.773. The smallest absolute Gasteiger partial charge is 0.207 e. The summed E-state index contributed by atoms with van der Waals surface area (Å²) in [6.07, 6.45) is 7.51. The van der Waals surface area contributed by atoms with Gasteiger partial charge in [0, 0.05) is 36.5 Å². The zero-order valence-electron chi connectivity index (χ0n) is 11.3. The van der Waals surface area contributed by atoms with E-state index in [4.69, 9.17) is 0 Å². The molecule has 20 heavy (non-hydrogen) atoms. The number of nitrogens with zero attached hydrogens (tertiary/aromatic N) is 4. The highest BCUT2D eigenvalue weighted by Gasteiger charge is 2.09. The fourth-order valence-electron chi connectivity index (χ4n) is 2.16. The van der Waals surface area contributed by atoms with Gasteiger partial charge in [-0.3, -0.25) is 9.25 Å². The van der Waals surface area contributed by atoms with Gasteiger partial charge in [-0.25, -0.2) is 4.98 Å². The minimum Gasteiger partial charge on any atom is -0.351 e. The number of benzene rings is 1. The summed E-state index contributed by atoms with van der Waals surface area (Å²) in [7, 11) is 0. The average Bonchev–Trinajstić information content (AvgIpc) is 3.11. The van der Waals surface area contributed by atoms with Crippen LogP contribution in [0.3, 0.4) is 0 Å². The molecule has 0 saturated heterocycles. The average molecular weight is 267 g/mol. The molecule has 0 radical (unpaired) electrons. The van der Waals surface area contributed by atoms with E-state index in [1.165, 1.54) is 0 Å². The molecular weight excluding hydrogens is 250 g/mol. The predicted octanol–water partition coefficient (Wildman–Crippen LogP) is 2.57. The molecule has 0 aliphatic carbocycles. The van der Waals surface area contributed by atoms with Crippen LogP contribution in [0.2, 0.25) is 0 Å². The Bertz CT molecular complexity index is 642. The Hall–Kier alpha value is -2.56. The zero-order chi connectivity index (χ0) is 13.8. The van der Waals surface area contributed by atoms with Crippen LogP contribution in [0.1, 0.15) is 6.92 Å². The van der Waals surface area contributed by atoms with Gasteiger partial charge in [0.15, 0.2) is 0 Å². The Morgan fingerprint density at radius 1 is 1.10 bits per heavy atom. The van der Waals surface area contributed by atoms with Gasteiger partial charge in [0.2, 0.25) is 5.95 Å². The zero-order valence-corrected chi connectivity index (χ0v) is 11.3. The molecule has 5 heteroatoms. The Morgan fingerprint density at radius 2 is 1.95 bits per heavy atom. The summed E-state index contributed by atoms with van der Waals surface area (Å²) in [6.45, 7) is 2.92. The van der Waals surface area contributed by atoms with Crippen LogP contribution in [0.5, 0.6) is 0 Å². The van der Waals surface area contributed by atoms with Crippen molar-refractivity contribution in [2.24, 2.45) is 0 Å². The summed E-state index contributed by atoms with van der Waals surface area (Å²) in [5.74, 6) is 0.843. The first kappa shape index (κ1) is 12.5. The van der Waals surface area contributed by atoms with E-state index in [1.54, 1.807) is 12.4 Å². The molecule has 1 unspecified atom stereocenters. The van der Waals surface area contributed by atoms with Crippen molar-refractivity contribution in [3.05, 3.63) is 61.2 Å². The lowest BCUT2D eigenvalue weighted by atomic mass is 10.3. The van der Waals surface area contributed by atoms with Crippen LogP contribution in [-0.2, 0) is 6.54 Å². The second kappa shape index (κ2) is 5.61. The molecule has 2 aromatic heterocycles. The standard InChI is InChI=1S/C15H17N5/c1-13(12-19-10-5-8-17-19)18-15-16-9-11-20(15)14-6-3-2-4-7-14/h2-11,13H,12H2,1H3,(H,16,18). The first-order chi connectivity index (χ1) is 9.83. The lowest BCUT2D eigenvalue weighted by Crippen LogP contribution is -2.24. The van der Waals surface area contributed by atoms with Crippen LogP contribution in [0, 0.1) is 0 Å². The summed E-state index contributed by atoms with van der Waals surface area (Å²) >= 11 is 0. The SMILES string of the molecule is CC(Cn1cccn1)Nc1nccn1-c1ccccc1. The molecule has 1 N–H and O–H groups in total. The van der Waals surface area contributed by atoms with E-state index < -0.39 is 0 Å². The van der Waals surface area contributed by atoms with E-state index in [1.807, 2.05) is 45.9 Å². The highest BCUT2D eigenvalue weighted by Crippen LogP contribution is 2.14. The Balaban J connectivity index is 1.74. The molecule has 3 aromatic rings. The first-order valence-electron chi connectivity index (χ1n) is 6.65. The van der Waals surface area contributed by atoms with Crippen LogP contribution in [0.25, 0.3) is 5.69 Å². The van der Waals surface area contributed by atoms with Crippen molar-refractivity contribution in [1.82, 2.24) is 19.3 Å². The van der Waals surface area contributed by atoms with Gasteiger partial charge in [-0.05, 0) is 25.1 Å². The maximum absolute atomic E-state index is 4.38. The van der Waals surface area contributed by atoms with Crippen LogP contribution in [-0.4, -0.2) is 25.4 Å². The summed E-state index contributed by atoms with van der Waals surface area (Å²) in [4.78, 5) is 4.38. The van der Waals surface area contributed by atoms with E-state index in [-0.39, 0.29) is 6.04 Å². The molecule has 0 saturated carbocycles. The van der Waals surface area contributed by atoms with Crippen LogP contribution in [0.15, 0.2) is 61.2 Å². The molecule has 0 spiro atoms. The molecular formula is C15H17N5. The van der Waals surface area contributed by atoms with Crippen molar-refractivity contribution in [2.45, 2.75) is 19.5 Å². The number of nitrogens with one attached hydrogen (secondary N) is 1. The molecule has 2 heterocycles. The van der Waals surface area contributed by atoms with Crippen LogP contribution >= 0.6 is 0 Å². The van der Waals surface area contributed by atoms with E-state index in [9.17, 15) is 0 Å². The van der Waals surface area contributed by atoms with Crippen molar-refractivity contribution < 1.29 is 0 Å². The summed E-state index contributed by atoms with van der Waals surface area (Å²) < 4.78 is 3.95.